The minimum absolute atomic E-state index is 0.0593. The number of piperidine rings is 1. The van der Waals surface area contributed by atoms with Crippen LogP contribution in [0, 0.1) is 11.8 Å². The lowest BCUT2D eigenvalue weighted by molar-refractivity contribution is 0.00460. The Bertz CT molecular complexity index is 204. The van der Waals surface area contributed by atoms with Crippen molar-refractivity contribution in [3.63, 3.8) is 0 Å². The highest BCUT2D eigenvalue weighted by Gasteiger charge is 2.27. The van der Waals surface area contributed by atoms with Gasteiger partial charge in [0, 0.05) is 32.8 Å². The maximum Gasteiger partial charge on any atom is 0.0592 e. The topological polar surface area (TPSA) is 32.7 Å². The Morgan fingerprint density at radius 3 is 2.69 bits per heavy atom. The van der Waals surface area contributed by atoms with E-state index in [0.717, 1.165) is 45.1 Å². The number of aliphatic hydroxyl groups is 1. The zero-order valence-corrected chi connectivity index (χ0v) is 10.4. The molecule has 0 aromatic carbocycles. The van der Waals surface area contributed by atoms with Crippen LogP contribution in [0.2, 0.25) is 0 Å². The molecule has 0 aromatic heterocycles. The summed E-state index contributed by atoms with van der Waals surface area (Å²) in [5.74, 6) is 1.31. The second-order valence-electron chi connectivity index (χ2n) is 5.34. The molecule has 2 heterocycles. The Kier molecular flexibility index (Phi) is 4.62. The summed E-state index contributed by atoms with van der Waals surface area (Å²) in [7, 11) is 0. The second-order valence-corrected chi connectivity index (χ2v) is 5.34. The van der Waals surface area contributed by atoms with E-state index in [0.29, 0.717) is 5.92 Å². The molecule has 0 amide bonds. The molecule has 2 aliphatic rings. The molecule has 1 N–H and O–H groups in total. The van der Waals surface area contributed by atoms with Crippen LogP contribution in [0.15, 0.2) is 0 Å². The standard InChI is InChI=1S/C13H25NO2/c1-2-12-10-14(6-3-13(12)15)9-11-4-7-16-8-5-11/h11-13,15H,2-10H2,1H3. The van der Waals surface area contributed by atoms with Gasteiger partial charge < -0.3 is 14.7 Å². The van der Waals surface area contributed by atoms with Gasteiger partial charge in [-0.1, -0.05) is 6.92 Å². The van der Waals surface area contributed by atoms with E-state index in [2.05, 4.69) is 11.8 Å². The van der Waals surface area contributed by atoms with Crippen molar-refractivity contribution in [2.24, 2.45) is 11.8 Å². The summed E-state index contributed by atoms with van der Waals surface area (Å²) in [5.41, 5.74) is 0. The average molecular weight is 227 g/mol. The fourth-order valence-electron chi connectivity index (χ4n) is 2.96. The zero-order valence-electron chi connectivity index (χ0n) is 10.4. The molecule has 2 fully saturated rings. The van der Waals surface area contributed by atoms with Gasteiger partial charge in [-0.05, 0) is 37.5 Å². The van der Waals surface area contributed by atoms with Gasteiger partial charge in [0.25, 0.3) is 0 Å². The summed E-state index contributed by atoms with van der Waals surface area (Å²) >= 11 is 0. The van der Waals surface area contributed by atoms with Gasteiger partial charge in [0.2, 0.25) is 0 Å². The molecule has 0 aliphatic carbocycles. The molecule has 2 unspecified atom stereocenters. The van der Waals surface area contributed by atoms with Crippen molar-refractivity contribution in [3.05, 3.63) is 0 Å². The predicted molar refractivity (Wildman–Crippen MR) is 64.4 cm³/mol. The van der Waals surface area contributed by atoms with E-state index in [-0.39, 0.29) is 6.10 Å². The molecule has 0 aromatic rings. The molecule has 0 saturated carbocycles. The lowest BCUT2D eigenvalue weighted by Gasteiger charge is -2.38. The van der Waals surface area contributed by atoms with E-state index in [1.165, 1.54) is 19.4 Å². The lowest BCUT2D eigenvalue weighted by atomic mass is 9.91. The van der Waals surface area contributed by atoms with Crippen LogP contribution in [0.5, 0.6) is 0 Å². The highest BCUT2D eigenvalue weighted by Crippen LogP contribution is 2.23. The van der Waals surface area contributed by atoms with E-state index in [1.807, 2.05) is 0 Å². The summed E-state index contributed by atoms with van der Waals surface area (Å²) in [6.45, 7) is 7.46. The first kappa shape index (κ1) is 12.3. The van der Waals surface area contributed by atoms with Crippen molar-refractivity contribution in [1.29, 1.82) is 0 Å². The summed E-state index contributed by atoms with van der Waals surface area (Å²) in [6, 6.07) is 0. The number of ether oxygens (including phenoxy) is 1. The van der Waals surface area contributed by atoms with Gasteiger partial charge in [-0.25, -0.2) is 0 Å². The normalized spacial score (nSPS) is 34.1. The minimum Gasteiger partial charge on any atom is -0.393 e. The third-order valence-corrected chi connectivity index (χ3v) is 4.16. The highest BCUT2D eigenvalue weighted by molar-refractivity contribution is 4.80. The third kappa shape index (κ3) is 3.19. The van der Waals surface area contributed by atoms with Gasteiger partial charge in [0.15, 0.2) is 0 Å². The Morgan fingerprint density at radius 2 is 2.00 bits per heavy atom. The van der Waals surface area contributed by atoms with Crippen LogP contribution in [0.4, 0.5) is 0 Å². The summed E-state index contributed by atoms with van der Waals surface area (Å²) in [6.07, 6.45) is 4.44. The van der Waals surface area contributed by atoms with E-state index in [9.17, 15) is 5.11 Å². The summed E-state index contributed by atoms with van der Waals surface area (Å²) in [4.78, 5) is 2.55. The molecular formula is C13H25NO2. The van der Waals surface area contributed by atoms with Gasteiger partial charge in [0.05, 0.1) is 6.10 Å². The van der Waals surface area contributed by atoms with E-state index >= 15 is 0 Å². The Morgan fingerprint density at radius 1 is 1.25 bits per heavy atom. The Hall–Kier alpha value is -0.120. The van der Waals surface area contributed by atoms with E-state index < -0.39 is 0 Å². The summed E-state index contributed by atoms with van der Waals surface area (Å²) in [5, 5.41) is 9.85. The predicted octanol–water partition coefficient (Wildman–Crippen LogP) is 1.51. The maximum absolute atomic E-state index is 9.85. The molecule has 2 saturated heterocycles. The van der Waals surface area contributed by atoms with Gasteiger partial charge in [0.1, 0.15) is 0 Å². The quantitative estimate of drug-likeness (QED) is 0.793. The van der Waals surface area contributed by atoms with Crippen molar-refractivity contribution in [3.8, 4) is 0 Å². The SMILES string of the molecule is CCC1CN(CC2CCOCC2)CCC1O. The molecule has 2 aliphatic heterocycles. The molecule has 0 radical (unpaired) electrons. The molecule has 94 valence electrons. The van der Waals surface area contributed by atoms with Crippen LogP contribution >= 0.6 is 0 Å². The molecule has 0 spiro atoms. The number of hydrogen-bond donors (Lipinski definition) is 1. The van der Waals surface area contributed by atoms with E-state index in [1.54, 1.807) is 0 Å². The minimum atomic E-state index is -0.0593. The van der Waals surface area contributed by atoms with E-state index in [4.69, 9.17) is 4.74 Å². The zero-order chi connectivity index (χ0) is 11.4. The van der Waals surface area contributed by atoms with Crippen LogP contribution in [-0.4, -0.2) is 49.0 Å². The number of aliphatic hydroxyl groups excluding tert-OH is 1. The largest absolute Gasteiger partial charge is 0.393 e. The molecule has 0 bridgehead atoms. The van der Waals surface area contributed by atoms with Crippen molar-refractivity contribution in [2.45, 2.75) is 38.7 Å². The van der Waals surface area contributed by atoms with Crippen molar-refractivity contribution < 1.29 is 9.84 Å². The number of rotatable bonds is 3. The third-order valence-electron chi connectivity index (χ3n) is 4.16. The van der Waals surface area contributed by atoms with Crippen LogP contribution in [-0.2, 0) is 4.74 Å². The van der Waals surface area contributed by atoms with Gasteiger partial charge >= 0.3 is 0 Å². The molecule has 3 heteroatoms. The molecule has 2 rings (SSSR count). The first-order valence-corrected chi connectivity index (χ1v) is 6.77. The number of likely N-dealkylation sites (tertiary alicyclic amines) is 1. The number of hydrogen-bond acceptors (Lipinski definition) is 3. The molecule has 16 heavy (non-hydrogen) atoms. The van der Waals surface area contributed by atoms with Crippen molar-refractivity contribution in [2.75, 3.05) is 32.8 Å². The van der Waals surface area contributed by atoms with Crippen LogP contribution in [0.25, 0.3) is 0 Å². The average Bonchev–Trinajstić information content (AvgIpc) is 2.33. The first-order chi connectivity index (χ1) is 7.79. The smallest absolute Gasteiger partial charge is 0.0592 e. The fraction of sp³-hybridized carbons (Fsp3) is 1.00. The molecular weight excluding hydrogens is 202 g/mol. The fourth-order valence-corrected chi connectivity index (χ4v) is 2.96. The number of nitrogens with zero attached hydrogens (tertiary/aromatic N) is 1. The Labute approximate surface area is 98.8 Å². The van der Waals surface area contributed by atoms with Crippen molar-refractivity contribution in [1.82, 2.24) is 4.90 Å². The summed E-state index contributed by atoms with van der Waals surface area (Å²) < 4.78 is 5.39. The van der Waals surface area contributed by atoms with Gasteiger partial charge in [-0.2, -0.15) is 0 Å². The highest BCUT2D eigenvalue weighted by atomic mass is 16.5. The van der Waals surface area contributed by atoms with Crippen LogP contribution in [0.1, 0.15) is 32.6 Å². The van der Waals surface area contributed by atoms with Gasteiger partial charge in [-0.3, -0.25) is 0 Å². The lowest BCUT2D eigenvalue weighted by Crippen LogP contribution is -2.45. The van der Waals surface area contributed by atoms with Crippen LogP contribution in [0.3, 0.4) is 0 Å². The van der Waals surface area contributed by atoms with Crippen LogP contribution < -0.4 is 0 Å². The Balaban J connectivity index is 1.76. The van der Waals surface area contributed by atoms with Gasteiger partial charge in [-0.15, -0.1) is 0 Å². The monoisotopic (exact) mass is 227 g/mol. The second kappa shape index (κ2) is 5.99. The molecule has 3 nitrogen and oxygen atoms in total. The van der Waals surface area contributed by atoms with Crippen molar-refractivity contribution >= 4 is 0 Å². The maximum atomic E-state index is 9.85. The first-order valence-electron chi connectivity index (χ1n) is 6.77. The molecule has 2 atom stereocenters.